The molecule has 2 aromatic rings. The molecule has 0 aliphatic rings. The standard InChI is InChI=1S/C14H14O3S/c1-3-17-14(15)8-7-10-9-11-12(16-2)5-4-6-13(11)18-10/h4-9H,3H2,1-2H3/b8-7+. The van der Waals surface area contributed by atoms with Crippen LogP contribution in [-0.4, -0.2) is 19.7 Å². The summed E-state index contributed by atoms with van der Waals surface area (Å²) in [4.78, 5) is 12.2. The van der Waals surface area contributed by atoms with Crippen LogP contribution in [0.25, 0.3) is 16.2 Å². The minimum Gasteiger partial charge on any atom is -0.496 e. The molecule has 0 saturated carbocycles. The normalized spacial score (nSPS) is 11.0. The average Bonchev–Trinajstić information content (AvgIpc) is 2.79. The van der Waals surface area contributed by atoms with Crippen molar-refractivity contribution in [2.24, 2.45) is 0 Å². The number of thiophene rings is 1. The van der Waals surface area contributed by atoms with Crippen molar-refractivity contribution in [2.75, 3.05) is 13.7 Å². The molecule has 1 aromatic carbocycles. The van der Waals surface area contributed by atoms with Crippen molar-refractivity contribution in [3.05, 3.63) is 35.2 Å². The predicted molar refractivity (Wildman–Crippen MR) is 74.0 cm³/mol. The Bertz CT molecular complexity index is 584. The van der Waals surface area contributed by atoms with Gasteiger partial charge in [-0.05, 0) is 31.2 Å². The van der Waals surface area contributed by atoms with Crippen LogP contribution < -0.4 is 4.74 Å². The monoisotopic (exact) mass is 262 g/mol. The first-order chi connectivity index (χ1) is 8.74. The van der Waals surface area contributed by atoms with Crippen LogP contribution in [0.4, 0.5) is 0 Å². The minimum absolute atomic E-state index is 0.318. The zero-order chi connectivity index (χ0) is 13.0. The quantitative estimate of drug-likeness (QED) is 0.625. The van der Waals surface area contributed by atoms with Crippen molar-refractivity contribution < 1.29 is 14.3 Å². The van der Waals surface area contributed by atoms with Crippen LogP contribution in [0.3, 0.4) is 0 Å². The van der Waals surface area contributed by atoms with Gasteiger partial charge in [-0.1, -0.05) is 6.07 Å². The maximum atomic E-state index is 11.2. The van der Waals surface area contributed by atoms with Crippen molar-refractivity contribution in [1.29, 1.82) is 0 Å². The van der Waals surface area contributed by atoms with E-state index in [1.807, 2.05) is 24.3 Å². The molecule has 0 spiro atoms. The van der Waals surface area contributed by atoms with Crippen LogP contribution in [-0.2, 0) is 9.53 Å². The van der Waals surface area contributed by atoms with Gasteiger partial charge in [0.1, 0.15) is 5.75 Å². The molecule has 4 heteroatoms. The van der Waals surface area contributed by atoms with E-state index in [0.717, 1.165) is 20.7 Å². The first-order valence-electron chi connectivity index (χ1n) is 5.66. The summed E-state index contributed by atoms with van der Waals surface area (Å²) in [7, 11) is 1.65. The van der Waals surface area contributed by atoms with Gasteiger partial charge in [0, 0.05) is 21.0 Å². The van der Waals surface area contributed by atoms with E-state index in [9.17, 15) is 4.79 Å². The predicted octanol–water partition coefficient (Wildman–Crippen LogP) is 3.49. The summed E-state index contributed by atoms with van der Waals surface area (Å²) in [5.41, 5.74) is 0. The van der Waals surface area contributed by atoms with Crippen molar-refractivity contribution in [2.45, 2.75) is 6.92 Å². The number of esters is 1. The summed E-state index contributed by atoms with van der Waals surface area (Å²) in [5, 5.41) is 1.06. The van der Waals surface area contributed by atoms with E-state index < -0.39 is 0 Å². The van der Waals surface area contributed by atoms with Crippen LogP contribution in [0.15, 0.2) is 30.3 Å². The van der Waals surface area contributed by atoms with Gasteiger partial charge >= 0.3 is 5.97 Å². The van der Waals surface area contributed by atoms with E-state index >= 15 is 0 Å². The largest absolute Gasteiger partial charge is 0.496 e. The van der Waals surface area contributed by atoms with Crippen LogP contribution in [0, 0.1) is 0 Å². The lowest BCUT2D eigenvalue weighted by Crippen LogP contribution is -1.98. The molecule has 0 amide bonds. The van der Waals surface area contributed by atoms with Gasteiger partial charge in [-0.2, -0.15) is 0 Å². The molecule has 18 heavy (non-hydrogen) atoms. The van der Waals surface area contributed by atoms with Crippen molar-refractivity contribution in [3.63, 3.8) is 0 Å². The van der Waals surface area contributed by atoms with Crippen molar-refractivity contribution in [1.82, 2.24) is 0 Å². The topological polar surface area (TPSA) is 35.5 Å². The molecule has 0 N–H and O–H groups in total. The van der Waals surface area contributed by atoms with E-state index in [2.05, 4.69) is 0 Å². The smallest absolute Gasteiger partial charge is 0.330 e. The fourth-order valence-corrected chi connectivity index (χ4v) is 2.64. The first kappa shape index (κ1) is 12.6. The number of carbonyl (C=O) groups excluding carboxylic acids is 1. The summed E-state index contributed by atoms with van der Waals surface area (Å²) in [6.45, 7) is 2.18. The lowest BCUT2D eigenvalue weighted by Gasteiger charge is -1.99. The number of carbonyl (C=O) groups is 1. The lowest BCUT2D eigenvalue weighted by atomic mass is 10.2. The first-order valence-corrected chi connectivity index (χ1v) is 6.47. The fraction of sp³-hybridized carbons (Fsp3) is 0.214. The van der Waals surface area contributed by atoms with E-state index in [1.165, 1.54) is 6.08 Å². The van der Waals surface area contributed by atoms with Crippen LogP contribution in [0.5, 0.6) is 5.75 Å². The van der Waals surface area contributed by atoms with Gasteiger partial charge in [0.05, 0.1) is 13.7 Å². The molecule has 94 valence electrons. The van der Waals surface area contributed by atoms with Crippen LogP contribution in [0.1, 0.15) is 11.8 Å². The third-order valence-corrected chi connectivity index (χ3v) is 3.50. The summed E-state index contributed by atoms with van der Waals surface area (Å²) < 4.78 is 11.3. The Balaban J connectivity index is 2.28. The molecule has 0 bridgehead atoms. The average molecular weight is 262 g/mol. The van der Waals surface area contributed by atoms with Gasteiger partial charge in [-0.25, -0.2) is 4.79 Å². The number of hydrogen-bond acceptors (Lipinski definition) is 4. The second-order valence-corrected chi connectivity index (χ2v) is 4.72. The fourth-order valence-electron chi connectivity index (χ4n) is 1.65. The molecule has 1 heterocycles. The second-order valence-electron chi connectivity index (χ2n) is 3.61. The highest BCUT2D eigenvalue weighted by Gasteiger charge is 2.05. The Morgan fingerprint density at radius 2 is 2.28 bits per heavy atom. The number of rotatable bonds is 4. The lowest BCUT2D eigenvalue weighted by molar-refractivity contribution is -0.137. The Labute approximate surface area is 110 Å². The van der Waals surface area contributed by atoms with E-state index in [-0.39, 0.29) is 5.97 Å². The molecule has 0 unspecified atom stereocenters. The molecule has 2 rings (SSSR count). The Kier molecular flexibility index (Phi) is 3.99. The van der Waals surface area contributed by atoms with Gasteiger partial charge in [0.25, 0.3) is 0 Å². The highest BCUT2D eigenvalue weighted by atomic mass is 32.1. The number of hydrogen-bond donors (Lipinski definition) is 0. The third-order valence-electron chi connectivity index (χ3n) is 2.43. The van der Waals surface area contributed by atoms with E-state index in [0.29, 0.717) is 6.61 Å². The number of benzene rings is 1. The Morgan fingerprint density at radius 1 is 1.44 bits per heavy atom. The maximum absolute atomic E-state index is 11.2. The molecule has 0 radical (unpaired) electrons. The van der Waals surface area contributed by atoms with Crippen molar-refractivity contribution >= 4 is 33.5 Å². The molecular weight excluding hydrogens is 248 g/mol. The number of methoxy groups -OCH3 is 1. The van der Waals surface area contributed by atoms with Gasteiger partial charge < -0.3 is 9.47 Å². The highest BCUT2D eigenvalue weighted by molar-refractivity contribution is 7.19. The zero-order valence-electron chi connectivity index (χ0n) is 10.3. The van der Waals surface area contributed by atoms with E-state index in [1.54, 1.807) is 31.4 Å². The van der Waals surface area contributed by atoms with Crippen LogP contribution in [0.2, 0.25) is 0 Å². The summed E-state index contributed by atoms with van der Waals surface area (Å²) in [6.07, 6.45) is 3.21. The zero-order valence-corrected chi connectivity index (χ0v) is 11.1. The molecular formula is C14H14O3S. The van der Waals surface area contributed by atoms with Gasteiger partial charge in [-0.15, -0.1) is 11.3 Å². The maximum Gasteiger partial charge on any atom is 0.330 e. The second kappa shape index (κ2) is 5.69. The van der Waals surface area contributed by atoms with Crippen molar-refractivity contribution in [3.8, 4) is 5.75 Å². The summed E-state index contributed by atoms with van der Waals surface area (Å²) in [5.74, 6) is 0.529. The van der Waals surface area contributed by atoms with E-state index in [4.69, 9.17) is 9.47 Å². The molecule has 0 atom stereocenters. The number of ether oxygens (including phenoxy) is 2. The molecule has 3 nitrogen and oxygen atoms in total. The Hall–Kier alpha value is -1.81. The number of fused-ring (bicyclic) bond motifs is 1. The summed E-state index contributed by atoms with van der Waals surface area (Å²) in [6, 6.07) is 7.92. The SMILES string of the molecule is CCOC(=O)/C=C/c1cc2c(OC)cccc2s1. The molecule has 0 saturated heterocycles. The summed E-state index contributed by atoms with van der Waals surface area (Å²) >= 11 is 1.61. The van der Waals surface area contributed by atoms with Gasteiger partial charge in [0.2, 0.25) is 0 Å². The molecule has 0 fully saturated rings. The molecule has 0 aliphatic carbocycles. The van der Waals surface area contributed by atoms with Gasteiger partial charge in [-0.3, -0.25) is 0 Å². The van der Waals surface area contributed by atoms with Crippen LogP contribution >= 0.6 is 11.3 Å². The Morgan fingerprint density at radius 3 is 3.00 bits per heavy atom. The highest BCUT2D eigenvalue weighted by Crippen LogP contribution is 2.33. The molecule has 0 aliphatic heterocycles. The minimum atomic E-state index is -0.318. The third kappa shape index (κ3) is 2.71. The molecule has 1 aromatic heterocycles. The van der Waals surface area contributed by atoms with Gasteiger partial charge in [0.15, 0.2) is 0 Å².